The molecule has 4 aromatic carbocycles. The first-order chi connectivity index (χ1) is 23.0. The largest absolute Gasteiger partial charge is 0.497 e. The number of sulfonamides is 2. The number of nitrogens with zero attached hydrogens (tertiary/aromatic N) is 2. The van der Waals surface area contributed by atoms with Crippen LogP contribution in [0.5, 0.6) is 11.5 Å². The van der Waals surface area contributed by atoms with Crippen LogP contribution in [-0.2, 0) is 20.0 Å². The zero-order valence-electron chi connectivity index (χ0n) is 28.4. The van der Waals surface area contributed by atoms with E-state index in [2.05, 4.69) is 0 Å². The number of ether oxygens (including phenoxy) is 2. The molecule has 264 valence electrons. The second-order valence-electron chi connectivity index (χ2n) is 12.4. The van der Waals surface area contributed by atoms with E-state index >= 15 is 0 Å². The van der Waals surface area contributed by atoms with Gasteiger partial charge in [-0.1, -0.05) is 35.4 Å². The molecule has 0 unspecified atom stereocenters. The topological polar surface area (TPSA) is 93.2 Å². The van der Waals surface area contributed by atoms with Gasteiger partial charge in [0.25, 0.3) is 20.0 Å². The number of rotatable bonds is 16. The Morgan fingerprint density at radius 3 is 1.16 bits per heavy atom. The van der Waals surface area contributed by atoms with E-state index in [-0.39, 0.29) is 22.9 Å². The minimum absolute atomic E-state index is 0.0388. The number of anilines is 2. The van der Waals surface area contributed by atoms with Gasteiger partial charge in [0.05, 0.1) is 58.2 Å². The first kappa shape index (κ1) is 38.7. The number of hydrogen-bond acceptors (Lipinski definition) is 7. The molecule has 0 saturated heterocycles. The smallest absolute Gasteiger partial charge is 0.264 e. The summed E-state index contributed by atoms with van der Waals surface area (Å²) >= 11 is 15.6. The summed E-state index contributed by atoms with van der Waals surface area (Å²) in [5.41, 5.74) is 2.76. The van der Waals surface area contributed by atoms with Gasteiger partial charge in [-0.2, -0.15) is 11.8 Å². The van der Waals surface area contributed by atoms with Gasteiger partial charge in [0.1, 0.15) is 11.5 Å². The molecule has 0 fully saturated rings. The Kier molecular flexibility index (Phi) is 12.5. The fourth-order valence-electron chi connectivity index (χ4n) is 4.97. The molecular formula is C36H42Cl2N2O6S3. The molecular weight excluding hydrogens is 724 g/mol. The van der Waals surface area contributed by atoms with Crippen molar-refractivity contribution >= 4 is 66.4 Å². The Balaban J connectivity index is 1.55. The molecule has 0 aromatic heterocycles. The predicted octanol–water partition coefficient (Wildman–Crippen LogP) is 8.14. The highest BCUT2D eigenvalue weighted by atomic mass is 35.5. The zero-order chi connectivity index (χ0) is 36.0. The number of methoxy groups -OCH3 is 2. The van der Waals surface area contributed by atoms with Crippen LogP contribution in [0.25, 0.3) is 0 Å². The lowest BCUT2D eigenvalue weighted by molar-refractivity contribution is 0.414. The fourth-order valence-corrected chi connectivity index (χ4v) is 10.1. The van der Waals surface area contributed by atoms with Gasteiger partial charge in [-0.25, -0.2) is 16.8 Å². The predicted molar refractivity (Wildman–Crippen MR) is 203 cm³/mol. The van der Waals surface area contributed by atoms with Crippen LogP contribution < -0.4 is 18.1 Å². The third-order valence-corrected chi connectivity index (χ3v) is 13.8. The molecule has 49 heavy (non-hydrogen) atoms. The monoisotopic (exact) mass is 764 g/mol. The van der Waals surface area contributed by atoms with E-state index < -0.39 is 29.8 Å². The fraction of sp³-hybridized carbons (Fsp3) is 0.333. The van der Waals surface area contributed by atoms with Crippen LogP contribution in [0, 0.1) is 13.8 Å². The second kappa shape index (κ2) is 15.9. The molecule has 4 aromatic rings. The van der Waals surface area contributed by atoms with Crippen molar-refractivity contribution in [3.63, 3.8) is 0 Å². The average molecular weight is 766 g/mol. The van der Waals surface area contributed by atoms with Gasteiger partial charge in [-0.05, 0) is 100 Å². The van der Waals surface area contributed by atoms with Gasteiger partial charge >= 0.3 is 0 Å². The summed E-state index contributed by atoms with van der Waals surface area (Å²) in [7, 11) is -4.88. The van der Waals surface area contributed by atoms with Crippen molar-refractivity contribution in [3.05, 3.63) is 108 Å². The molecule has 0 heterocycles. The molecule has 0 N–H and O–H groups in total. The summed E-state index contributed by atoms with van der Waals surface area (Å²) in [6, 6.07) is 26.9. The lowest BCUT2D eigenvalue weighted by Gasteiger charge is -2.34. The number of halogens is 2. The lowest BCUT2D eigenvalue weighted by atomic mass is 10.2. The van der Waals surface area contributed by atoms with Gasteiger partial charge in [0, 0.05) is 11.5 Å². The van der Waals surface area contributed by atoms with Crippen molar-refractivity contribution in [2.24, 2.45) is 0 Å². The quantitative estimate of drug-likeness (QED) is 0.106. The molecule has 13 heteroatoms. The van der Waals surface area contributed by atoms with Crippen LogP contribution >= 0.6 is 35.0 Å². The van der Waals surface area contributed by atoms with Gasteiger partial charge in [0.2, 0.25) is 0 Å². The normalized spacial score (nSPS) is 14.4. The maximum Gasteiger partial charge on any atom is 0.264 e. The molecule has 0 bridgehead atoms. The number of hydrogen-bond donors (Lipinski definition) is 0. The van der Waals surface area contributed by atoms with E-state index in [0.29, 0.717) is 34.4 Å². The minimum Gasteiger partial charge on any atom is -0.497 e. The van der Waals surface area contributed by atoms with Gasteiger partial charge in [0.15, 0.2) is 0 Å². The lowest BCUT2D eigenvalue weighted by Crippen LogP contribution is -2.44. The summed E-state index contributed by atoms with van der Waals surface area (Å²) in [4.78, 5) is -1.76. The number of alkyl halides is 2. The maximum atomic E-state index is 14.0. The van der Waals surface area contributed by atoms with Crippen LogP contribution in [0.15, 0.2) is 107 Å². The van der Waals surface area contributed by atoms with Crippen molar-refractivity contribution < 1.29 is 26.3 Å². The van der Waals surface area contributed by atoms with Crippen LogP contribution in [0.3, 0.4) is 0 Å². The van der Waals surface area contributed by atoms with E-state index in [4.69, 9.17) is 32.7 Å². The average Bonchev–Trinajstić information content (AvgIpc) is 3.06. The zero-order valence-corrected chi connectivity index (χ0v) is 32.4. The molecule has 0 radical (unpaired) electrons. The summed E-state index contributed by atoms with van der Waals surface area (Å²) in [5, 5.41) is 0. The van der Waals surface area contributed by atoms with Crippen LogP contribution in [-0.4, -0.2) is 65.4 Å². The molecule has 0 amide bonds. The second-order valence-corrected chi connectivity index (χ2v) is 18.9. The maximum absolute atomic E-state index is 14.0. The Labute approximate surface area is 305 Å². The van der Waals surface area contributed by atoms with Crippen molar-refractivity contribution in [1.29, 1.82) is 0 Å². The van der Waals surface area contributed by atoms with Crippen LogP contribution in [0.1, 0.15) is 25.0 Å². The van der Waals surface area contributed by atoms with Crippen LogP contribution in [0.2, 0.25) is 0 Å². The standard InChI is InChI=1S/C36H42Cl2N2O6S3/c1-27-7-19-33(20-8-27)48(41,42)39(29-11-15-31(45-5)16-12-29)23-35(3,37)25-47-26-36(4,38)24-40(30-13-17-32(46-6)18-14-30)49(43,44)34-21-9-28(2)10-22-34/h7-22H,23-26H2,1-6H3/t35-,36-/m1/s1. The SMILES string of the molecule is COc1ccc(N(C[C@@](C)(Cl)CSC[C@](C)(Cl)CN(c2ccc(OC)cc2)S(=O)(=O)c2ccc(C)cc2)S(=O)(=O)c2ccc(C)cc2)cc1. The van der Waals surface area contributed by atoms with Crippen molar-refractivity contribution in [1.82, 2.24) is 0 Å². The van der Waals surface area contributed by atoms with Crippen molar-refractivity contribution in [2.45, 2.75) is 47.2 Å². The number of thioether (sulfide) groups is 1. The van der Waals surface area contributed by atoms with Gasteiger partial charge in [-0.3, -0.25) is 8.61 Å². The van der Waals surface area contributed by atoms with Crippen molar-refractivity contribution in [2.75, 3.05) is 47.4 Å². The van der Waals surface area contributed by atoms with E-state index in [1.807, 2.05) is 13.8 Å². The van der Waals surface area contributed by atoms with E-state index in [1.165, 1.54) is 20.4 Å². The third-order valence-electron chi connectivity index (χ3n) is 7.69. The molecule has 4 rings (SSSR count). The Morgan fingerprint density at radius 1 is 0.571 bits per heavy atom. The number of benzene rings is 4. The minimum atomic E-state index is -3.98. The van der Waals surface area contributed by atoms with Crippen LogP contribution in [0.4, 0.5) is 11.4 Å². The molecule has 0 aliphatic carbocycles. The highest BCUT2D eigenvalue weighted by Crippen LogP contribution is 2.35. The highest BCUT2D eigenvalue weighted by molar-refractivity contribution is 7.99. The van der Waals surface area contributed by atoms with Gasteiger partial charge in [-0.15, -0.1) is 23.2 Å². The Hall–Kier alpha value is -3.09. The van der Waals surface area contributed by atoms with E-state index in [0.717, 1.165) is 11.1 Å². The first-order valence-corrected chi connectivity index (χ1v) is 20.2. The molecule has 8 nitrogen and oxygen atoms in total. The first-order valence-electron chi connectivity index (χ1n) is 15.4. The summed E-state index contributed by atoms with van der Waals surface area (Å²) in [6.45, 7) is 7.26. The molecule has 2 atom stereocenters. The van der Waals surface area contributed by atoms with Gasteiger partial charge < -0.3 is 9.47 Å². The molecule has 0 saturated carbocycles. The Bertz CT molecular complexity index is 1760. The molecule has 0 aliphatic rings. The molecule has 0 spiro atoms. The van der Waals surface area contributed by atoms with E-state index in [1.54, 1.807) is 125 Å². The number of aryl methyl sites for hydroxylation is 2. The van der Waals surface area contributed by atoms with Crippen molar-refractivity contribution in [3.8, 4) is 11.5 Å². The van der Waals surface area contributed by atoms with E-state index in [9.17, 15) is 16.8 Å². The summed E-state index contributed by atoms with van der Waals surface area (Å²) in [5.74, 6) is 1.82. The molecule has 0 aliphatic heterocycles. The summed E-state index contributed by atoms with van der Waals surface area (Å²) in [6.07, 6.45) is 0. The summed E-state index contributed by atoms with van der Waals surface area (Å²) < 4.78 is 69.1. The Morgan fingerprint density at radius 2 is 0.878 bits per heavy atom. The third kappa shape index (κ3) is 10.0. The highest BCUT2D eigenvalue weighted by Gasteiger charge is 2.36.